The molecule has 0 saturated carbocycles. The van der Waals surface area contributed by atoms with Gasteiger partial charge in [0.15, 0.2) is 11.6 Å². The fourth-order valence-corrected chi connectivity index (χ4v) is 4.41. The zero-order valence-electron chi connectivity index (χ0n) is 20.8. The Labute approximate surface area is 209 Å². The molecule has 1 aromatic carbocycles. The molecule has 1 aromatic heterocycles. The molecule has 0 atom stereocenters. The summed E-state index contributed by atoms with van der Waals surface area (Å²) in [6, 6.07) is 4.60. The van der Waals surface area contributed by atoms with Gasteiger partial charge in [0, 0.05) is 63.7 Å². The van der Waals surface area contributed by atoms with E-state index in [1.54, 1.807) is 17.9 Å². The molecule has 2 saturated heterocycles. The van der Waals surface area contributed by atoms with Crippen molar-refractivity contribution in [3.63, 3.8) is 0 Å². The summed E-state index contributed by atoms with van der Waals surface area (Å²) in [5.41, 5.74) is 0.773. The summed E-state index contributed by atoms with van der Waals surface area (Å²) in [5.74, 6) is -0.471. The summed E-state index contributed by atoms with van der Waals surface area (Å²) < 4.78 is 26.6. The van der Waals surface area contributed by atoms with E-state index in [9.17, 15) is 14.0 Å². The number of ether oxygens (including phenoxy) is 2. The number of hydrogen-bond donors (Lipinski definition) is 1. The molecule has 0 bridgehead atoms. The molecule has 3 heterocycles. The third kappa shape index (κ3) is 5.84. The number of piperidine rings is 1. The highest BCUT2D eigenvalue weighted by atomic mass is 19.1. The predicted octanol–water partition coefficient (Wildman–Crippen LogP) is 3.40. The average molecular weight is 502 g/mol. The van der Waals surface area contributed by atoms with E-state index in [0.717, 1.165) is 13.1 Å². The molecule has 2 aliphatic rings. The minimum absolute atomic E-state index is 0.0568. The molecule has 2 aliphatic heterocycles. The molecule has 0 radical (unpaired) electrons. The molecule has 2 amide bonds. The summed E-state index contributed by atoms with van der Waals surface area (Å²) in [4.78, 5) is 37.6. The van der Waals surface area contributed by atoms with E-state index < -0.39 is 11.9 Å². The topological polar surface area (TPSA) is 108 Å². The number of carboxylic acid groups (broad SMARTS) is 1. The summed E-state index contributed by atoms with van der Waals surface area (Å²) in [7, 11) is 0. The Balaban J connectivity index is 1.39. The van der Waals surface area contributed by atoms with Gasteiger partial charge in [-0.25, -0.2) is 19.2 Å². The van der Waals surface area contributed by atoms with Crippen LogP contribution in [0.3, 0.4) is 0 Å². The first-order chi connectivity index (χ1) is 17.2. The van der Waals surface area contributed by atoms with Crippen molar-refractivity contribution in [3.8, 4) is 17.5 Å². The van der Waals surface area contributed by atoms with E-state index in [1.807, 2.05) is 0 Å². The minimum Gasteiger partial charge on any atom is -0.474 e. The maximum absolute atomic E-state index is 14.9. The van der Waals surface area contributed by atoms with Gasteiger partial charge in [-0.3, -0.25) is 9.69 Å². The third-order valence-corrected chi connectivity index (χ3v) is 6.70. The first-order valence-corrected chi connectivity index (χ1v) is 12.2. The van der Waals surface area contributed by atoms with Crippen LogP contribution in [0, 0.1) is 12.7 Å². The van der Waals surface area contributed by atoms with Crippen molar-refractivity contribution in [2.24, 2.45) is 0 Å². The number of likely N-dealkylation sites (tertiary alicyclic amines) is 1. The number of carbonyl (C=O) groups is 2. The number of rotatable bonds is 6. The molecule has 4 rings (SSSR count). The molecule has 2 aromatic rings. The van der Waals surface area contributed by atoms with E-state index in [-0.39, 0.29) is 29.2 Å². The standard InChI is InChI=1S/C25H32FN5O5/c1-16(2)29-10-12-30(13-11-29)24(32)18-4-5-21(20(26)14-18)36-23-17(3)22(27-15-28-23)35-19-6-8-31(9-7-19)25(33)34/h4-5,14-16,19H,6-13H2,1-3H3,(H,33,34). The first kappa shape index (κ1) is 25.6. The van der Waals surface area contributed by atoms with Gasteiger partial charge in [-0.1, -0.05) is 0 Å². The quantitative estimate of drug-likeness (QED) is 0.642. The van der Waals surface area contributed by atoms with E-state index in [1.165, 1.54) is 23.4 Å². The second-order valence-electron chi connectivity index (χ2n) is 9.36. The van der Waals surface area contributed by atoms with E-state index in [0.29, 0.717) is 56.5 Å². The molecule has 2 fully saturated rings. The average Bonchev–Trinajstić information content (AvgIpc) is 2.87. The lowest BCUT2D eigenvalue weighted by molar-refractivity contribution is 0.0595. The highest BCUT2D eigenvalue weighted by Gasteiger charge is 2.26. The number of aromatic nitrogens is 2. The van der Waals surface area contributed by atoms with Gasteiger partial charge in [-0.2, -0.15) is 0 Å². The summed E-state index contributed by atoms with van der Waals surface area (Å²) in [6.07, 6.45) is 1.24. The van der Waals surface area contributed by atoms with Gasteiger partial charge in [0.1, 0.15) is 12.4 Å². The van der Waals surface area contributed by atoms with Crippen LogP contribution in [0.4, 0.5) is 9.18 Å². The second kappa shape index (κ2) is 11.1. The molecule has 194 valence electrons. The van der Waals surface area contributed by atoms with Crippen LogP contribution in [0.2, 0.25) is 0 Å². The van der Waals surface area contributed by atoms with Crippen molar-refractivity contribution >= 4 is 12.0 Å². The van der Waals surface area contributed by atoms with Gasteiger partial charge in [0.2, 0.25) is 11.8 Å². The predicted molar refractivity (Wildman–Crippen MR) is 129 cm³/mol. The normalized spacial score (nSPS) is 17.4. The van der Waals surface area contributed by atoms with Gasteiger partial charge in [0.25, 0.3) is 5.91 Å². The highest BCUT2D eigenvalue weighted by Crippen LogP contribution is 2.31. The van der Waals surface area contributed by atoms with Gasteiger partial charge < -0.3 is 24.4 Å². The Bertz CT molecular complexity index is 1100. The van der Waals surface area contributed by atoms with Crippen LogP contribution < -0.4 is 9.47 Å². The molecule has 1 N–H and O–H groups in total. The number of nitrogens with zero attached hydrogens (tertiary/aromatic N) is 5. The van der Waals surface area contributed by atoms with E-state index in [4.69, 9.17) is 14.6 Å². The Morgan fingerprint density at radius 2 is 1.69 bits per heavy atom. The minimum atomic E-state index is -0.939. The Hall–Kier alpha value is -3.47. The van der Waals surface area contributed by atoms with E-state index >= 15 is 0 Å². The van der Waals surface area contributed by atoms with Crippen LogP contribution >= 0.6 is 0 Å². The zero-order chi connectivity index (χ0) is 25.8. The molecule has 36 heavy (non-hydrogen) atoms. The van der Waals surface area contributed by atoms with Crippen LogP contribution in [0.15, 0.2) is 24.5 Å². The smallest absolute Gasteiger partial charge is 0.407 e. The van der Waals surface area contributed by atoms with Crippen molar-refractivity contribution < 1.29 is 28.6 Å². The lowest BCUT2D eigenvalue weighted by atomic mass is 10.1. The lowest BCUT2D eigenvalue weighted by Gasteiger charge is -2.37. The number of halogens is 1. The van der Waals surface area contributed by atoms with Gasteiger partial charge in [-0.05, 0) is 39.0 Å². The Morgan fingerprint density at radius 1 is 1.03 bits per heavy atom. The lowest BCUT2D eigenvalue weighted by Crippen LogP contribution is -2.50. The van der Waals surface area contributed by atoms with Gasteiger partial charge >= 0.3 is 6.09 Å². The van der Waals surface area contributed by atoms with Crippen molar-refractivity contribution in [1.82, 2.24) is 24.7 Å². The van der Waals surface area contributed by atoms with Crippen LogP contribution in [0.1, 0.15) is 42.6 Å². The van der Waals surface area contributed by atoms with Gasteiger partial charge in [0.05, 0.1) is 5.56 Å². The molecule has 11 heteroatoms. The van der Waals surface area contributed by atoms with Crippen molar-refractivity contribution in [2.75, 3.05) is 39.3 Å². The fraction of sp³-hybridized carbons (Fsp3) is 0.520. The third-order valence-electron chi connectivity index (χ3n) is 6.70. The zero-order valence-corrected chi connectivity index (χ0v) is 20.8. The van der Waals surface area contributed by atoms with Gasteiger partial charge in [-0.15, -0.1) is 0 Å². The van der Waals surface area contributed by atoms with Crippen molar-refractivity contribution in [2.45, 2.75) is 45.8 Å². The largest absolute Gasteiger partial charge is 0.474 e. The van der Waals surface area contributed by atoms with Crippen LogP contribution in [-0.2, 0) is 0 Å². The maximum Gasteiger partial charge on any atom is 0.407 e. The fourth-order valence-electron chi connectivity index (χ4n) is 4.41. The maximum atomic E-state index is 14.9. The second-order valence-corrected chi connectivity index (χ2v) is 9.36. The molecule has 0 aliphatic carbocycles. The molecule has 0 unspecified atom stereocenters. The summed E-state index contributed by atoms with van der Waals surface area (Å²) in [5, 5.41) is 9.09. The number of amides is 2. The summed E-state index contributed by atoms with van der Waals surface area (Å²) in [6.45, 7) is 9.55. The Morgan fingerprint density at radius 3 is 2.31 bits per heavy atom. The number of piperazine rings is 1. The van der Waals surface area contributed by atoms with Crippen LogP contribution in [0.25, 0.3) is 0 Å². The van der Waals surface area contributed by atoms with Crippen molar-refractivity contribution in [1.29, 1.82) is 0 Å². The molecular weight excluding hydrogens is 469 g/mol. The SMILES string of the molecule is Cc1c(Oc2ccc(C(=O)N3CCN(C(C)C)CC3)cc2F)ncnc1OC1CCN(C(=O)O)CC1. The monoisotopic (exact) mass is 501 g/mol. The number of hydrogen-bond acceptors (Lipinski definition) is 7. The summed E-state index contributed by atoms with van der Waals surface area (Å²) >= 11 is 0. The Kier molecular flexibility index (Phi) is 7.88. The molecular formula is C25H32FN5O5. The van der Waals surface area contributed by atoms with Crippen LogP contribution in [0.5, 0.6) is 17.5 Å². The molecule has 0 spiro atoms. The highest BCUT2D eigenvalue weighted by molar-refractivity contribution is 5.94. The number of carbonyl (C=O) groups excluding carboxylic acids is 1. The first-order valence-electron chi connectivity index (χ1n) is 12.2. The van der Waals surface area contributed by atoms with Crippen LogP contribution in [-0.4, -0.2) is 93.2 Å². The number of benzene rings is 1. The van der Waals surface area contributed by atoms with Crippen molar-refractivity contribution in [3.05, 3.63) is 41.5 Å². The van der Waals surface area contributed by atoms with E-state index in [2.05, 4.69) is 28.7 Å². The molecule has 10 nitrogen and oxygen atoms in total.